The molecule has 4 aliphatic rings. The molecule has 0 radical (unpaired) electrons. The van der Waals surface area contributed by atoms with Crippen molar-refractivity contribution in [2.24, 2.45) is 45.8 Å². The number of ketones is 1. The second kappa shape index (κ2) is 5.85. The summed E-state index contributed by atoms with van der Waals surface area (Å²) in [6.45, 7) is 15.9. The van der Waals surface area contributed by atoms with E-state index in [1.807, 2.05) is 0 Å². The van der Waals surface area contributed by atoms with Crippen LogP contribution in [0.5, 0.6) is 0 Å². The molecular formula is C23H40O. The predicted octanol–water partition coefficient (Wildman–Crippen LogP) is 6.51. The van der Waals surface area contributed by atoms with Crippen LogP contribution in [0, 0.1) is 45.8 Å². The highest BCUT2D eigenvalue weighted by Gasteiger charge is 2.51. The standard InChI is InChI=1S/C23H40O/c1-21(2,3)14-23(7,22(4,5)6)20(24)13-19-17-9-15-8-16(11-17)12-18(19)10-15/h15-19H,8-14H2,1-7H3. The quantitative estimate of drug-likeness (QED) is 0.573. The van der Waals surface area contributed by atoms with E-state index in [2.05, 4.69) is 48.5 Å². The third-order valence-corrected chi connectivity index (χ3v) is 8.00. The van der Waals surface area contributed by atoms with Gasteiger partial charge >= 0.3 is 0 Å². The molecule has 0 aliphatic heterocycles. The molecule has 4 saturated carbocycles. The molecule has 1 atom stereocenters. The zero-order valence-corrected chi connectivity index (χ0v) is 17.2. The van der Waals surface area contributed by atoms with Gasteiger partial charge in [0.2, 0.25) is 0 Å². The molecule has 0 spiro atoms. The predicted molar refractivity (Wildman–Crippen MR) is 102 cm³/mol. The maximum Gasteiger partial charge on any atom is 0.139 e. The molecule has 0 aromatic heterocycles. The number of Topliss-reactive ketones (excluding diaryl/α,β-unsaturated/α-hetero) is 1. The number of carbonyl (C=O) groups excluding carboxylic acids is 1. The topological polar surface area (TPSA) is 17.1 Å². The lowest BCUT2D eigenvalue weighted by molar-refractivity contribution is -0.141. The molecule has 4 rings (SSSR count). The molecule has 0 aromatic carbocycles. The first kappa shape index (κ1) is 18.5. The van der Waals surface area contributed by atoms with Crippen molar-refractivity contribution in [3.8, 4) is 0 Å². The smallest absolute Gasteiger partial charge is 0.139 e. The molecule has 0 N–H and O–H groups in total. The van der Waals surface area contributed by atoms with Crippen LogP contribution in [0.2, 0.25) is 0 Å². The Labute approximate surface area is 150 Å². The number of hydrogen-bond donors (Lipinski definition) is 0. The van der Waals surface area contributed by atoms with E-state index in [0.29, 0.717) is 11.7 Å². The summed E-state index contributed by atoms with van der Waals surface area (Å²) in [5, 5.41) is 0. The highest BCUT2D eigenvalue weighted by atomic mass is 16.1. The maximum atomic E-state index is 13.6. The second-order valence-electron chi connectivity index (χ2n) is 12.0. The van der Waals surface area contributed by atoms with Crippen molar-refractivity contribution in [2.75, 3.05) is 0 Å². The van der Waals surface area contributed by atoms with Crippen LogP contribution >= 0.6 is 0 Å². The lowest BCUT2D eigenvalue weighted by atomic mass is 9.50. The molecule has 24 heavy (non-hydrogen) atoms. The largest absolute Gasteiger partial charge is 0.299 e. The Kier molecular flexibility index (Phi) is 4.50. The SMILES string of the molecule is CC(C)(C)CC(C)(C(=O)CC1C2CC3CC(C2)CC1C3)C(C)(C)C. The Morgan fingerprint density at radius 2 is 1.25 bits per heavy atom. The fourth-order valence-corrected chi connectivity index (χ4v) is 6.65. The molecule has 4 fully saturated rings. The van der Waals surface area contributed by atoms with Crippen molar-refractivity contribution in [1.82, 2.24) is 0 Å². The summed E-state index contributed by atoms with van der Waals surface area (Å²) in [5.74, 6) is 4.99. The van der Waals surface area contributed by atoms with Gasteiger partial charge in [0.15, 0.2) is 0 Å². The van der Waals surface area contributed by atoms with E-state index in [1.54, 1.807) is 0 Å². The van der Waals surface area contributed by atoms with E-state index in [-0.39, 0.29) is 16.2 Å². The zero-order chi connectivity index (χ0) is 17.9. The van der Waals surface area contributed by atoms with Crippen molar-refractivity contribution in [2.45, 2.75) is 93.4 Å². The van der Waals surface area contributed by atoms with Gasteiger partial charge in [0.1, 0.15) is 5.78 Å². The lowest BCUT2D eigenvalue weighted by Gasteiger charge is -2.55. The third-order valence-electron chi connectivity index (χ3n) is 8.00. The van der Waals surface area contributed by atoms with Crippen LogP contribution in [-0.4, -0.2) is 5.78 Å². The molecule has 1 heteroatoms. The van der Waals surface area contributed by atoms with Crippen molar-refractivity contribution in [3.05, 3.63) is 0 Å². The van der Waals surface area contributed by atoms with Crippen molar-refractivity contribution in [1.29, 1.82) is 0 Å². The zero-order valence-electron chi connectivity index (χ0n) is 17.2. The summed E-state index contributed by atoms with van der Waals surface area (Å²) in [5.41, 5.74) is 0.0188. The van der Waals surface area contributed by atoms with Gasteiger partial charge in [-0.05, 0) is 78.9 Å². The first-order valence-corrected chi connectivity index (χ1v) is 10.4. The number of hydrogen-bond acceptors (Lipinski definition) is 1. The first-order chi connectivity index (χ1) is 10.9. The highest BCUT2D eigenvalue weighted by molar-refractivity contribution is 5.85. The summed E-state index contributed by atoms with van der Waals surface area (Å²) in [7, 11) is 0. The van der Waals surface area contributed by atoms with Gasteiger partial charge in [-0.15, -0.1) is 0 Å². The van der Waals surface area contributed by atoms with Gasteiger partial charge in [-0.1, -0.05) is 48.5 Å². The van der Waals surface area contributed by atoms with Gasteiger partial charge < -0.3 is 0 Å². The monoisotopic (exact) mass is 332 g/mol. The molecule has 0 saturated heterocycles. The Hall–Kier alpha value is -0.330. The number of carbonyl (C=O) groups is 1. The molecule has 4 bridgehead atoms. The van der Waals surface area contributed by atoms with Crippen LogP contribution in [0.4, 0.5) is 0 Å². The molecule has 1 nitrogen and oxygen atoms in total. The fourth-order valence-electron chi connectivity index (χ4n) is 6.65. The van der Waals surface area contributed by atoms with Crippen LogP contribution in [0.25, 0.3) is 0 Å². The highest BCUT2D eigenvalue weighted by Crippen LogP contribution is 2.58. The summed E-state index contributed by atoms with van der Waals surface area (Å²) < 4.78 is 0. The van der Waals surface area contributed by atoms with Crippen molar-refractivity contribution < 1.29 is 4.79 Å². The molecule has 0 aromatic rings. The average Bonchev–Trinajstić information content (AvgIpc) is 2.38. The maximum absolute atomic E-state index is 13.6. The van der Waals surface area contributed by atoms with Gasteiger partial charge in [-0.25, -0.2) is 0 Å². The van der Waals surface area contributed by atoms with Crippen LogP contribution < -0.4 is 0 Å². The Morgan fingerprint density at radius 3 is 1.62 bits per heavy atom. The van der Waals surface area contributed by atoms with Crippen molar-refractivity contribution in [3.63, 3.8) is 0 Å². The van der Waals surface area contributed by atoms with E-state index < -0.39 is 0 Å². The molecular weight excluding hydrogens is 292 g/mol. The molecule has 4 aliphatic carbocycles. The molecule has 0 heterocycles. The summed E-state index contributed by atoms with van der Waals surface area (Å²) in [4.78, 5) is 13.6. The normalized spacial score (nSPS) is 38.2. The van der Waals surface area contributed by atoms with Crippen LogP contribution in [0.3, 0.4) is 0 Å². The van der Waals surface area contributed by atoms with Crippen LogP contribution in [-0.2, 0) is 4.79 Å². The molecule has 0 amide bonds. The summed E-state index contributed by atoms with van der Waals surface area (Å²) in [6.07, 6.45) is 9.06. The van der Waals surface area contributed by atoms with Gasteiger partial charge in [0, 0.05) is 11.8 Å². The Balaban J connectivity index is 1.77. The fraction of sp³-hybridized carbons (Fsp3) is 0.957. The van der Waals surface area contributed by atoms with Gasteiger partial charge in [0.25, 0.3) is 0 Å². The minimum atomic E-state index is -0.208. The minimum absolute atomic E-state index is 0.0310. The molecule has 138 valence electrons. The minimum Gasteiger partial charge on any atom is -0.299 e. The summed E-state index contributed by atoms with van der Waals surface area (Å²) in [6, 6.07) is 0. The third kappa shape index (κ3) is 3.34. The van der Waals surface area contributed by atoms with E-state index in [1.165, 1.54) is 32.1 Å². The average molecular weight is 333 g/mol. The van der Waals surface area contributed by atoms with Crippen molar-refractivity contribution >= 4 is 5.78 Å². The second-order valence-corrected chi connectivity index (χ2v) is 12.0. The Bertz CT molecular complexity index is 461. The lowest BCUT2D eigenvalue weighted by Crippen LogP contribution is -2.49. The van der Waals surface area contributed by atoms with Gasteiger partial charge in [-0.2, -0.15) is 0 Å². The van der Waals surface area contributed by atoms with Crippen LogP contribution in [0.1, 0.15) is 93.4 Å². The Morgan fingerprint density at radius 1 is 0.792 bits per heavy atom. The van der Waals surface area contributed by atoms with Gasteiger partial charge in [0.05, 0.1) is 0 Å². The van der Waals surface area contributed by atoms with E-state index in [0.717, 1.165) is 36.5 Å². The van der Waals surface area contributed by atoms with Gasteiger partial charge in [-0.3, -0.25) is 4.79 Å². The number of rotatable bonds is 4. The molecule has 1 unspecified atom stereocenters. The van der Waals surface area contributed by atoms with Crippen LogP contribution in [0.15, 0.2) is 0 Å². The van der Waals surface area contributed by atoms with E-state index >= 15 is 0 Å². The van der Waals surface area contributed by atoms with E-state index in [4.69, 9.17) is 0 Å². The summed E-state index contributed by atoms with van der Waals surface area (Å²) >= 11 is 0. The first-order valence-electron chi connectivity index (χ1n) is 10.4. The van der Waals surface area contributed by atoms with E-state index in [9.17, 15) is 4.79 Å².